The molecule has 0 unspecified atom stereocenters. The zero-order chi connectivity index (χ0) is 24.6. The molecule has 3 aromatic rings. The number of benzene rings is 2. The molecule has 5 rings (SSSR count). The number of halogens is 1. The molecule has 0 spiro atoms. The topological polar surface area (TPSA) is 76.4 Å². The van der Waals surface area contributed by atoms with Gasteiger partial charge in [-0.15, -0.1) is 0 Å². The first-order valence-corrected chi connectivity index (χ1v) is 12.1. The van der Waals surface area contributed by atoms with E-state index in [4.69, 9.17) is 4.74 Å². The van der Waals surface area contributed by atoms with Crippen LogP contribution in [0, 0.1) is 11.2 Å². The molecule has 1 fully saturated rings. The van der Waals surface area contributed by atoms with Gasteiger partial charge in [0.2, 0.25) is 0 Å². The lowest BCUT2D eigenvalue weighted by Crippen LogP contribution is -2.45. The first kappa shape index (κ1) is 23.3. The highest BCUT2D eigenvalue weighted by Crippen LogP contribution is 2.57. The molecule has 0 radical (unpaired) electrons. The summed E-state index contributed by atoms with van der Waals surface area (Å²) in [5.74, 6) is 0.243. The van der Waals surface area contributed by atoms with Crippen molar-refractivity contribution in [1.82, 2.24) is 15.1 Å². The number of ether oxygens (including phenoxy) is 1. The summed E-state index contributed by atoms with van der Waals surface area (Å²) >= 11 is 0. The third-order valence-corrected chi connectivity index (χ3v) is 7.66. The van der Waals surface area contributed by atoms with Gasteiger partial charge < -0.3 is 15.2 Å². The van der Waals surface area contributed by atoms with Gasteiger partial charge in [0.05, 0.1) is 23.2 Å². The highest BCUT2D eigenvalue weighted by atomic mass is 19.1. The summed E-state index contributed by atoms with van der Waals surface area (Å²) in [5, 5.41) is 19.1. The van der Waals surface area contributed by atoms with Gasteiger partial charge in [-0.3, -0.25) is 0 Å². The maximum Gasteiger partial charge on any atom is 0.412 e. The van der Waals surface area contributed by atoms with Crippen LogP contribution in [0.25, 0.3) is 11.8 Å². The lowest BCUT2D eigenvalue weighted by molar-refractivity contribution is -0.0462. The van der Waals surface area contributed by atoms with Crippen LogP contribution in [0.2, 0.25) is 0 Å². The number of carbonyl (C=O) groups excluding carboxylic acids is 1. The molecule has 2 aromatic carbocycles. The minimum atomic E-state index is -0.896. The largest absolute Gasteiger partial charge is 0.412 e. The normalized spacial score (nSPS) is 22.8. The Morgan fingerprint density at radius 2 is 2.00 bits per heavy atom. The maximum absolute atomic E-state index is 13.4. The lowest BCUT2D eigenvalue weighted by atomic mass is 9.65. The first-order valence-electron chi connectivity index (χ1n) is 12.1. The van der Waals surface area contributed by atoms with E-state index in [1.807, 2.05) is 36.0 Å². The third-order valence-electron chi connectivity index (χ3n) is 7.66. The van der Waals surface area contributed by atoms with E-state index in [0.29, 0.717) is 38.0 Å². The Bertz CT molecular complexity index is 1280. The molecule has 6 nitrogen and oxygen atoms in total. The molecule has 0 saturated heterocycles. The van der Waals surface area contributed by atoms with Crippen molar-refractivity contribution < 1.29 is 19.0 Å². The van der Waals surface area contributed by atoms with E-state index in [0.717, 1.165) is 28.9 Å². The van der Waals surface area contributed by atoms with Gasteiger partial charge in [-0.05, 0) is 86.6 Å². The number of carbonyl (C=O) groups is 1. The molecule has 35 heavy (non-hydrogen) atoms. The summed E-state index contributed by atoms with van der Waals surface area (Å²) in [7, 11) is 0. The Labute approximate surface area is 204 Å². The van der Waals surface area contributed by atoms with Crippen molar-refractivity contribution in [2.75, 3.05) is 6.54 Å². The molecule has 0 bridgehead atoms. The highest BCUT2D eigenvalue weighted by molar-refractivity contribution is 5.70. The summed E-state index contributed by atoms with van der Waals surface area (Å²) in [5.41, 5.74) is 3.68. The Balaban J connectivity index is 1.37. The molecular formula is C28H30FN3O3. The quantitative estimate of drug-likeness (QED) is 0.512. The van der Waals surface area contributed by atoms with Crippen molar-refractivity contribution in [3.05, 3.63) is 82.9 Å². The number of aromatic nitrogens is 2. The van der Waals surface area contributed by atoms with Gasteiger partial charge in [-0.25, -0.2) is 13.9 Å². The number of amides is 1. The summed E-state index contributed by atoms with van der Waals surface area (Å²) in [4.78, 5) is 11.9. The molecular weight excluding hydrogens is 445 g/mol. The van der Waals surface area contributed by atoms with Crippen molar-refractivity contribution in [2.24, 2.45) is 5.41 Å². The molecule has 1 heterocycles. The fourth-order valence-electron chi connectivity index (χ4n) is 5.55. The molecule has 0 aliphatic heterocycles. The average Bonchev–Trinajstić information content (AvgIpc) is 3.35. The Morgan fingerprint density at radius 3 is 2.77 bits per heavy atom. The van der Waals surface area contributed by atoms with Crippen LogP contribution >= 0.6 is 0 Å². The summed E-state index contributed by atoms with van der Waals surface area (Å²) < 4.78 is 20.7. The standard InChI is InChI=1S/C28H30FN3O3/c1-3-30-26(33)35-25-7-5-4-6-19(25)12-14-28(34)15-13-21-16-24-20(17-27(21,28)2)18-31-32(24)23-10-8-22(29)9-11-23/h4-11,16,18,34H,3,12-15,17H2,1-2H3,(H,30,33)/t27-,28-/m0/s1. The maximum atomic E-state index is 13.4. The fourth-order valence-corrected chi connectivity index (χ4v) is 5.55. The van der Waals surface area contributed by atoms with E-state index in [1.54, 1.807) is 18.2 Å². The minimum Gasteiger partial charge on any atom is -0.410 e. The molecule has 7 heteroatoms. The van der Waals surface area contributed by atoms with Crippen LogP contribution in [0.4, 0.5) is 9.18 Å². The van der Waals surface area contributed by atoms with Crippen LogP contribution in [0.15, 0.2) is 60.3 Å². The number of hydrogen-bond acceptors (Lipinski definition) is 4. The monoisotopic (exact) mass is 475 g/mol. The molecule has 2 aliphatic carbocycles. The van der Waals surface area contributed by atoms with Crippen LogP contribution in [0.1, 0.15) is 49.9 Å². The van der Waals surface area contributed by atoms with Crippen molar-refractivity contribution in [3.8, 4) is 11.4 Å². The Morgan fingerprint density at radius 1 is 1.23 bits per heavy atom. The molecule has 2 N–H and O–H groups in total. The van der Waals surface area contributed by atoms with Crippen LogP contribution in [0.3, 0.4) is 0 Å². The van der Waals surface area contributed by atoms with Crippen molar-refractivity contribution >= 4 is 12.2 Å². The smallest absolute Gasteiger partial charge is 0.410 e. The Hall–Kier alpha value is -3.45. The molecule has 1 saturated carbocycles. The molecule has 2 atom stereocenters. The van der Waals surface area contributed by atoms with Crippen molar-refractivity contribution in [3.63, 3.8) is 0 Å². The second-order valence-corrected chi connectivity index (χ2v) is 9.68. The Kier molecular flexibility index (Phi) is 5.97. The molecule has 2 aliphatic rings. The molecule has 1 aromatic heterocycles. The minimum absolute atomic E-state index is 0.278. The number of nitrogens with zero attached hydrogens (tertiary/aromatic N) is 2. The second kappa shape index (κ2) is 8.96. The third kappa shape index (κ3) is 4.14. The van der Waals surface area contributed by atoms with E-state index in [1.165, 1.54) is 17.7 Å². The van der Waals surface area contributed by atoms with Gasteiger partial charge in [-0.1, -0.05) is 30.7 Å². The number of rotatable bonds is 6. The number of aryl methyl sites for hydroxylation is 1. The highest BCUT2D eigenvalue weighted by Gasteiger charge is 2.54. The van der Waals surface area contributed by atoms with Gasteiger partial charge in [0.1, 0.15) is 11.6 Å². The van der Waals surface area contributed by atoms with E-state index in [-0.39, 0.29) is 5.82 Å². The summed E-state index contributed by atoms with van der Waals surface area (Å²) in [6.07, 6.45) is 6.83. The fraction of sp³-hybridized carbons (Fsp3) is 0.357. The van der Waals surface area contributed by atoms with E-state index >= 15 is 0 Å². The lowest BCUT2D eigenvalue weighted by Gasteiger charge is -2.42. The summed E-state index contributed by atoms with van der Waals surface area (Å²) in [6.45, 7) is 4.47. The van der Waals surface area contributed by atoms with Gasteiger partial charge in [0, 0.05) is 12.0 Å². The van der Waals surface area contributed by atoms with Crippen LogP contribution in [0.5, 0.6) is 5.75 Å². The average molecular weight is 476 g/mol. The number of hydrogen-bond donors (Lipinski definition) is 2. The zero-order valence-corrected chi connectivity index (χ0v) is 20.1. The van der Waals surface area contributed by atoms with Crippen molar-refractivity contribution in [1.29, 1.82) is 0 Å². The van der Waals surface area contributed by atoms with E-state index < -0.39 is 17.1 Å². The molecule has 1 amide bonds. The van der Waals surface area contributed by atoms with Gasteiger partial charge in [0.15, 0.2) is 0 Å². The molecule has 182 valence electrons. The van der Waals surface area contributed by atoms with Crippen LogP contribution in [-0.2, 0) is 12.8 Å². The first-order chi connectivity index (χ1) is 16.8. The predicted octanol–water partition coefficient (Wildman–Crippen LogP) is 5.22. The number of nitrogens with one attached hydrogen (secondary N) is 1. The zero-order valence-electron chi connectivity index (χ0n) is 20.1. The van der Waals surface area contributed by atoms with Gasteiger partial charge in [-0.2, -0.15) is 5.10 Å². The SMILES string of the molecule is CCNC(=O)Oc1ccccc1CC[C@]1(O)CCC2=Cc3c(cnn3-c3ccc(F)cc3)C[C@@]21C. The van der Waals surface area contributed by atoms with Crippen LogP contribution < -0.4 is 10.1 Å². The van der Waals surface area contributed by atoms with Gasteiger partial charge >= 0.3 is 6.09 Å². The van der Waals surface area contributed by atoms with E-state index in [9.17, 15) is 14.3 Å². The second-order valence-electron chi connectivity index (χ2n) is 9.68. The van der Waals surface area contributed by atoms with Crippen molar-refractivity contribution in [2.45, 2.75) is 51.6 Å². The summed E-state index contributed by atoms with van der Waals surface area (Å²) in [6, 6.07) is 13.8. The van der Waals surface area contributed by atoms with Gasteiger partial charge in [0.25, 0.3) is 0 Å². The predicted molar refractivity (Wildman–Crippen MR) is 132 cm³/mol. The van der Waals surface area contributed by atoms with Crippen LogP contribution in [-0.4, -0.2) is 33.1 Å². The number of aliphatic hydroxyl groups is 1. The number of fused-ring (bicyclic) bond motifs is 2. The van der Waals surface area contributed by atoms with E-state index in [2.05, 4.69) is 23.4 Å². The number of para-hydroxylation sites is 1.